The van der Waals surface area contributed by atoms with Crippen molar-refractivity contribution in [1.29, 1.82) is 0 Å². The Kier molecular flexibility index (Phi) is 3.76. The summed E-state index contributed by atoms with van der Waals surface area (Å²) in [7, 11) is 0. The summed E-state index contributed by atoms with van der Waals surface area (Å²) < 4.78 is 2.42. The van der Waals surface area contributed by atoms with Crippen LogP contribution in [0.2, 0.25) is 0 Å². The molecule has 0 bridgehead atoms. The highest BCUT2D eigenvalue weighted by Crippen LogP contribution is 2.27. The van der Waals surface area contributed by atoms with Gasteiger partial charge in [0.1, 0.15) is 0 Å². The number of hydrogen-bond donors (Lipinski definition) is 1. The lowest BCUT2D eigenvalue weighted by atomic mass is 10.0. The van der Waals surface area contributed by atoms with E-state index in [1.165, 1.54) is 11.4 Å². The number of nitrogens with zero attached hydrogens (tertiary/aromatic N) is 2. The lowest BCUT2D eigenvalue weighted by Crippen LogP contribution is -2.46. The molecule has 4 nitrogen and oxygen atoms in total. The molecular weight excluding hydrogens is 226 g/mol. The number of piperidine rings is 1. The highest BCUT2D eigenvalue weighted by molar-refractivity contribution is 5.79. The van der Waals surface area contributed by atoms with Crippen molar-refractivity contribution in [3.63, 3.8) is 0 Å². The van der Waals surface area contributed by atoms with Crippen LogP contribution in [0.1, 0.15) is 37.2 Å². The maximum atomic E-state index is 11.2. The van der Waals surface area contributed by atoms with Gasteiger partial charge in [0, 0.05) is 30.5 Å². The van der Waals surface area contributed by atoms with E-state index in [-0.39, 0.29) is 11.9 Å². The predicted molar refractivity (Wildman–Crippen MR) is 72.4 cm³/mol. The Morgan fingerprint density at radius 1 is 1.28 bits per heavy atom. The molecule has 0 spiro atoms. The molecule has 1 aromatic rings. The van der Waals surface area contributed by atoms with Gasteiger partial charge in [-0.2, -0.15) is 0 Å². The summed E-state index contributed by atoms with van der Waals surface area (Å²) >= 11 is 0. The molecule has 0 aliphatic carbocycles. The summed E-state index contributed by atoms with van der Waals surface area (Å²) in [4.78, 5) is 13.4. The zero-order valence-electron chi connectivity index (χ0n) is 11.5. The van der Waals surface area contributed by atoms with E-state index in [1.807, 2.05) is 6.92 Å². The fourth-order valence-corrected chi connectivity index (χ4v) is 2.97. The first-order valence-corrected chi connectivity index (χ1v) is 6.68. The SMILES string of the molecule is Cc1ccc(C)n1C1CCN([C@H](C)C(N)=O)CC1. The van der Waals surface area contributed by atoms with Crippen LogP contribution in [-0.4, -0.2) is 34.5 Å². The van der Waals surface area contributed by atoms with E-state index >= 15 is 0 Å². The smallest absolute Gasteiger partial charge is 0.234 e. The fourth-order valence-electron chi connectivity index (χ4n) is 2.97. The molecule has 1 fully saturated rings. The Hall–Kier alpha value is -1.29. The normalized spacial score (nSPS) is 19.9. The molecule has 1 aliphatic heterocycles. The maximum Gasteiger partial charge on any atom is 0.234 e. The standard InChI is InChI=1S/C14H23N3O/c1-10-4-5-11(2)17(10)13-6-8-16(9-7-13)12(3)14(15)18/h4-5,12-13H,6-9H2,1-3H3,(H2,15,18)/t12-/m1/s1. The molecule has 0 radical (unpaired) electrons. The van der Waals surface area contributed by atoms with Gasteiger partial charge in [-0.25, -0.2) is 0 Å². The van der Waals surface area contributed by atoms with Crippen molar-refractivity contribution >= 4 is 5.91 Å². The maximum absolute atomic E-state index is 11.2. The molecular formula is C14H23N3O. The molecule has 1 saturated heterocycles. The van der Waals surface area contributed by atoms with Crippen LogP contribution in [0.3, 0.4) is 0 Å². The molecule has 100 valence electrons. The van der Waals surface area contributed by atoms with Crippen LogP contribution in [0, 0.1) is 13.8 Å². The number of aryl methyl sites for hydroxylation is 2. The third-order valence-corrected chi connectivity index (χ3v) is 4.15. The zero-order valence-corrected chi connectivity index (χ0v) is 11.5. The molecule has 2 N–H and O–H groups in total. The minimum Gasteiger partial charge on any atom is -0.368 e. The van der Waals surface area contributed by atoms with E-state index in [9.17, 15) is 4.79 Å². The molecule has 1 aromatic heterocycles. The lowest BCUT2D eigenvalue weighted by molar-refractivity contribution is -0.123. The molecule has 1 atom stereocenters. The minimum absolute atomic E-state index is 0.141. The second kappa shape index (κ2) is 5.14. The van der Waals surface area contributed by atoms with Crippen molar-refractivity contribution in [2.45, 2.75) is 45.7 Å². The highest BCUT2D eigenvalue weighted by Gasteiger charge is 2.26. The van der Waals surface area contributed by atoms with Gasteiger partial charge >= 0.3 is 0 Å². The summed E-state index contributed by atoms with van der Waals surface area (Å²) in [5.74, 6) is -0.221. The Morgan fingerprint density at radius 2 is 1.78 bits per heavy atom. The van der Waals surface area contributed by atoms with Crippen molar-refractivity contribution in [1.82, 2.24) is 9.47 Å². The van der Waals surface area contributed by atoms with E-state index in [0.29, 0.717) is 6.04 Å². The number of carbonyl (C=O) groups is 1. The van der Waals surface area contributed by atoms with Crippen LogP contribution < -0.4 is 5.73 Å². The molecule has 2 rings (SSSR count). The first-order chi connectivity index (χ1) is 8.50. The van der Waals surface area contributed by atoms with Crippen molar-refractivity contribution in [2.75, 3.05) is 13.1 Å². The van der Waals surface area contributed by atoms with E-state index in [4.69, 9.17) is 5.73 Å². The van der Waals surface area contributed by atoms with Gasteiger partial charge < -0.3 is 10.3 Å². The Labute approximate surface area is 109 Å². The fraction of sp³-hybridized carbons (Fsp3) is 0.643. The van der Waals surface area contributed by atoms with Crippen LogP contribution in [-0.2, 0) is 4.79 Å². The number of aromatic nitrogens is 1. The van der Waals surface area contributed by atoms with Crippen LogP contribution >= 0.6 is 0 Å². The summed E-state index contributed by atoms with van der Waals surface area (Å²) in [5, 5.41) is 0. The van der Waals surface area contributed by atoms with Gasteiger partial charge in [0.25, 0.3) is 0 Å². The van der Waals surface area contributed by atoms with Crippen LogP contribution in [0.25, 0.3) is 0 Å². The summed E-state index contributed by atoms with van der Waals surface area (Å²) in [6.45, 7) is 8.11. The monoisotopic (exact) mass is 249 g/mol. The Balaban J connectivity index is 2.01. The molecule has 0 aromatic carbocycles. The number of nitrogens with two attached hydrogens (primary N) is 1. The number of amides is 1. The van der Waals surface area contributed by atoms with E-state index in [2.05, 4.69) is 35.4 Å². The molecule has 1 amide bonds. The average Bonchev–Trinajstić information content (AvgIpc) is 2.68. The van der Waals surface area contributed by atoms with Gasteiger partial charge in [-0.15, -0.1) is 0 Å². The topological polar surface area (TPSA) is 51.3 Å². The Bertz CT molecular complexity index is 411. The van der Waals surface area contributed by atoms with Gasteiger partial charge in [-0.05, 0) is 45.7 Å². The molecule has 18 heavy (non-hydrogen) atoms. The Morgan fingerprint density at radius 3 is 2.22 bits per heavy atom. The number of hydrogen-bond acceptors (Lipinski definition) is 2. The van der Waals surface area contributed by atoms with Gasteiger partial charge in [0.15, 0.2) is 0 Å². The van der Waals surface area contributed by atoms with Gasteiger partial charge in [0.2, 0.25) is 5.91 Å². The van der Waals surface area contributed by atoms with E-state index < -0.39 is 0 Å². The van der Waals surface area contributed by atoms with E-state index in [0.717, 1.165) is 25.9 Å². The number of primary amides is 1. The number of rotatable bonds is 3. The molecule has 4 heteroatoms. The quantitative estimate of drug-likeness (QED) is 0.885. The van der Waals surface area contributed by atoms with Crippen molar-refractivity contribution < 1.29 is 4.79 Å². The van der Waals surface area contributed by atoms with Crippen molar-refractivity contribution in [3.05, 3.63) is 23.5 Å². The number of carbonyl (C=O) groups excluding carboxylic acids is 1. The van der Waals surface area contributed by atoms with Crippen LogP contribution in [0.15, 0.2) is 12.1 Å². The molecule has 2 heterocycles. The van der Waals surface area contributed by atoms with Gasteiger partial charge in [-0.1, -0.05) is 0 Å². The molecule has 0 unspecified atom stereocenters. The van der Waals surface area contributed by atoms with E-state index in [1.54, 1.807) is 0 Å². The largest absolute Gasteiger partial charge is 0.368 e. The van der Waals surface area contributed by atoms with Gasteiger partial charge in [0.05, 0.1) is 6.04 Å². The predicted octanol–water partition coefficient (Wildman–Crippen LogP) is 1.62. The average molecular weight is 249 g/mol. The summed E-state index contributed by atoms with van der Waals surface area (Å²) in [6, 6.07) is 4.77. The minimum atomic E-state index is -0.221. The van der Waals surface area contributed by atoms with Gasteiger partial charge in [-0.3, -0.25) is 9.69 Å². The van der Waals surface area contributed by atoms with Crippen molar-refractivity contribution in [3.8, 4) is 0 Å². The second-order valence-electron chi connectivity index (χ2n) is 5.33. The molecule has 1 aliphatic rings. The highest BCUT2D eigenvalue weighted by atomic mass is 16.1. The second-order valence-corrected chi connectivity index (χ2v) is 5.33. The summed E-state index contributed by atoms with van der Waals surface area (Å²) in [5.41, 5.74) is 8.01. The first kappa shape index (κ1) is 13.1. The summed E-state index contributed by atoms with van der Waals surface area (Å²) in [6.07, 6.45) is 2.18. The third kappa shape index (κ3) is 2.43. The third-order valence-electron chi connectivity index (χ3n) is 4.15. The van der Waals surface area contributed by atoms with Crippen LogP contribution in [0.5, 0.6) is 0 Å². The van der Waals surface area contributed by atoms with Crippen molar-refractivity contribution in [2.24, 2.45) is 5.73 Å². The number of likely N-dealkylation sites (tertiary alicyclic amines) is 1. The lowest BCUT2D eigenvalue weighted by Gasteiger charge is -2.36. The molecule has 0 saturated carbocycles. The van der Waals surface area contributed by atoms with Crippen LogP contribution in [0.4, 0.5) is 0 Å². The zero-order chi connectivity index (χ0) is 13.3. The first-order valence-electron chi connectivity index (χ1n) is 6.68.